The summed E-state index contributed by atoms with van der Waals surface area (Å²) in [6.45, 7) is 2.87. The summed E-state index contributed by atoms with van der Waals surface area (Å²) >= 11 is 0. The number of carbonyl (C=O) groups is 9. The number of unbranched alkanes of at least 4 members (excludes halogenated alkanes) is 2. The number of rotatable bonds is 61. The van der Waals surface area contributed by atoms with Gasteiger partial charge in [0.25, 0.3) is 0 Å². The third-order valence-corrected chi connectivity index (χ3v) is 19.4. The van der Waals surface area contributed by atoms with Gasteiger partial charge in [-0.3, -0.25) is 43.2 Å². The molecule has 42 nitrogen and oxygen atoms in total. The first-order chi connectivity index (χ1) is 55.5. The van der Waals surface area contributed by atoms with Crippen molar-refractivity contribution in [2.24, 2.45) is 5.92 Å². The van der Waals surface area contributed by atoms with E-state index >= 15 is 0 Å². The molecule has 0 aromatic rings. The predicted octanol–water partition coefficient (Wildman–Crippen LogP) is -7.32. The molecule has 42 heteroatoms. The van der Waals surface area contributed by atoms with Crippen LogP contribution in [0.25, 0.3) is 0 Å². The molecule has 115 heavy (non-hydrogen) atoms. The zero-order valence-corrected chi connectivity index (χ0v) is 66.4. The van der Waals surface area contributed by atoms with Gasteiger partial charge in [-0.2, -0.15) is 0 Å². The Balaban J connectivity index is 1.08. The van der Waals surface area contributed by atoms with E-state index < -0.39 is 177 Å². The summed E-state index contributed by atoms with van der Waals surface area (Å²) in [5.74, 6) is -4.75. The van der Waals surface area contributed by atoms with Crippen LogP contribution in [0.15, 0.2) is 0 Å². The number of aliphatic hydroxyl groups is 9. The van der Waals surface area contributed by atoms with E-state index in [2.05, 4.69) is 47.9 Å². The standard InChI is InChI=1S/C73H129N9O33/c1-45(86)76-59-65(95)62(92)52(18-21-83)113-71(59)110-37-34-104-25-22-101-28-32-108-43-56(90)75-20-11-9-17-51(69(99)82-58(48-12-4-5-13-48)70(100)79-49-14-6-7-15-49)81-68(98)50(80-57(91)44-109-33-30-103-24-27-106-36-39-112-73-61(78-47(3)88)67(97)64(94)54(41-85)115-73)16-8-10-19-74-55(89)42-107-31-29-102-23-26-105-35-38-111-72-60(77-46(2)87)66(96)63(93)53(40-84)114-72/h48-54,58-67,71-73,83-85,92-97H,4-44H2,1-3H3,(H,74,89)(H,75,90)(H,76,86)(H,77,87)(H,78,88)(H,79,100)(H,80,91)(H,81,98)(H,82,99)/t50?,51?,52-,53-,54-,58?,59-,60-,61-,62+,63+,64+,65-,66-,67-,71-,72-,73-/m1/s1. The van der Waals surface area contributed by atoms with E-state index in [9.17, 15) is 89.1 Å². The normalized spacial score (nSPS) is 25.9. The van der Waals surface area contributed by atoms with E-state index in [1.807, 2.05) is 0 Å². The van der Waals surface area contributed by atoms with E-state index in [1.165, 1.54) is 20.8 Å². The molecule has 664 valence electrons. The average molecular weight is 1660 g/mol. The van der Waals surface area contributed by atoms with Crippen LogP contribution in [0.4, 0.5) is 0 Å². The van der Waals surface area contributed by atoms with Gasteiger partial charge in [0.1, 0.15) is 105 Å². The first-order valence-corrected chi connectivity index (χ1v) is 39.9. The van der Waals surface area contributed by atoms with Crippen molar-refractivity contribution in [1.29, 1.82) is 0 Å². The molecule has 3 heterocycles. The van der Waals surface area contributed by atoms with Gasteiger partial charge in [0.15, 0.2) is 18.9 Å². The molecule has 3 unspecified atom stereocenters. The van der Waals surface area contributed by atoms with Gasteiger partial charge >= 0.3 is 0 Å². The Morgan fingerprint density at radius 2 is 0.696 bits per heavy atom. The van der Waals surface area contributed by atoms with E-state index in [1.54, 1.807) is 0 Å². The lowest BCUT2D eigenvalue weighted by atomic mass is 9.95. The van der Waals surface area contributed by atoms with Gasteiger partial charge in [-0.05, 0) is 76.5 Å². The molecule has 5 rings (SSSR count). The summed E-state index contributed by atoms with van der Waals surface area (Å²) in [6, 6.07) is -6.61. The number of nitrogens with one attached hydrogen (secondary N) is 9. The van der Waals surface area contributed by atoms with Crippen molar-refractivity contribution in [2.45, 2.75) is 233 Å². The average Bonchev–Trinajstić information content (AvgIpc) is 0.979. The highest BCUT2D eigenvalue weighted by atomic mass is 16.7. The maximum absolute atomic E-state index is 14.6. The maximum atomic E-state index is 14.6. The number of ether oxygens (including phenoxy) is 15. The molecule has 0 spiro atoms. The van der Waals surface area contributed by atoms with Crippen molar-refractivity contribution in [3.63, 3.8) is 0 Å². The van der Waals surface area contributed by atoms with Crippen LogP contribution in [0.2, 0.25) is 0 Å². The van der Waals surface area contributed by atoms with Crippen molar-refractivity contribution in [3.05, 3.63) is 0 Å². The fraction of sp³-hybridized carbons (Fsp3) is 0.877. The van der Waals surface area contributed by atoms with Crippen LogP contribution in [0.5, 0.6) is 0 Å². The molecule has 18 N–H and O–H groups in total. The SMILES string of the molecule is CC(=O)N[C@H]1[C@H](OCCOCCOCCOCC(=O)NCCCCC(NC(=O)COCCOCCOCCO[C@@H]2O[C@H](CO)[C@H](O)[C@H](O)[C@H]2NC(C)=O)C(=O)NC(CCCCNC(=O)COCCOCCOCCO[C@@H]2O[C@H](CCO)[C@H](O)[C@H](O)[C@H]2NC(C)=O)C(=O)NC(C(=O)NC2CCCC2)C2CCCC2)O[C@H](CO)[C@H](O)[C@@H]1O. The van der Waals surface area contributed by atoms with Crippen molar-refractivity contribution in [1.82, 2.24) is 47.9 Å². The molecular weight excluding hydrogens is 1530 g/mol. The van der Waals surface area contributed by atoms with Gasteiger partial charge in [-0.25, -0.2) is 0 Å². The molecular formula is C73H129N9O33. The lowest BCUT2D eigenvalue weighted by Gasteiger charge is -2.42. The number of hydrogen-bond acceptors (Lipinski definition) is 33. The summed E-state index contributed by atoms with van der Waals surface area (Å²) < 4.78 is 83.6. The molecule has 18 atom stereocenters. The van der Waals surface area contributed by atoms with E-state index in [0.717, 1.165) is 38.5 Å². The van der Waals surface area contributed by atoms with Crippen LogP contribution >= 0.6 is 0 Å². The van der Waals surface area contributed by atoms with Crippen LogP contribution < -0.4 is 47.9 Å². The van der Waals surface area contributed by atoms with Crippen LogP contribution in [-0.2, 0) is 114 Å². The smallest absolute Gasteiger partial charge is 0.246 e. The van der Waals surface area contributed by atoms with E-state index in [4.69, 9.17) is 71.1 Å². The minimum absolute atomic E-state index is 0.00244. The summed E-state index contributed by atoms with van der Waals surface area (Å²) in [7, 11) is 0. The molecule has 3 saturated heterocycles. The van der Waals surface area contributed by atoms with Crippen LogP contribution in [0.1, 0.15) is 117 Å². The summed E-state index contributed by atoms with van der Waals surface area (Å²) in [6.07, 6.45) is -7.09. The number of amides is 9. The third kappa shape index (κ3) is 38.9. The van der Waals surface area contributed by atoms with Gasteiger partial charge in [-0.1, -0.05) is 25.7 Å². The highest BCUT2D eigenvalue weighted by molar-refractivity contribution is 5.94. The molecule has 3 aliphatic heterocycles. The van der Waals surface area contributed by atoms with Gasteiger partial charge in [-0.15, -0.1) is 0 Å². The summed E-state index contributed by atoms with van der Waals surface area (Å²) in [5, 5.41) is 116. The molecule has 0 aromatic heterocycles. The molecule has 0 radical (unpaired) electrons. The fourth-order valence-electron chi connectivity index (χ4n) is 13.4. The van der Waals surface area contributed by atoms with Gasteiger partial charge in [0.05, 0.1) is 138 Å². The summed E-state index contributed by atoms with van der Waals surface area (Å²) in [5.41, 5.74) is 0. The zero-order valence-electron chi connectivity index (χ0n) is 66.4. The Morgan fingerprint density at radius 3 is 1.07 bits per heavy atom. The molecule has 0 aromatic carbocycles. The molecule has 5 fully saturated rings. The van der Waals surface area contributed by atoms with Crippen LogP contribution in [0.3, 0.4) is 0 Å². The molecule has 2 saturated carbocycles. The maximum Gasteiger partial charge on any atom is 0.246 e. The molecule has 9 amide bonds. The second-order valence-corrected chi connectivity index (χ2v) is 28.5. The largest absolute Gasteiger partial charge is 0.396 e. The first kappa shape index (κ1) is 99.8. The third-order valence-electron chi connectivity index (χ3n) is 19.4. The van der Waals surface area contributed by atoms with Crippen molar-refractivity contribution >= 4 is 53.2 Å². The Kier molecular flexibility index (Phi) is 50.6. The number of aliphatic hydroxyl groups excluding tert-OH is 9. The lowest BCUT2D eigenvalue weighted by molar-refractivity contribution is -0.272. The second-order valence-electron chi connectivity index (χ2n) is 28.5. The Bertz CT molecular complexity index is 2770. The van der Waals surface area contributed by atoms with Crippen molar-refractivity contribution in [2.75, 3.05) is 172 Å². The zero-order chi connectivity index (χ0) is 83.7. The fourth-order valence-corrected chi connectivity index (χ4v) is 13.4. The molecule has 2 aliphatic carbocycles. The monoisotopic (exact) mass is 1660 g/mol. The summed E-state index contributed by atoms with van der Waals surface area (Å²) in [4.78, 5) is 118. The predicted molar refractivity (Wildman–Crippen MR) is 398 cm³/mol. The second kappa shape index (κ2) is 58.2. The van der Waals surface area contributed by atoms with Crippen LogP contribution in [0, 0.1) is 5.92 Å². The van der Waals surface area contributed by atoms with Crippen molar-refractivity contribution < 1.29 is 160 Å². The molecule has 0 bridgehead atoms. The van der Waals surface area contributed by atoms with Gasteiger partial charge in [0.2, 0.25) is 53.2 Å². The minimum atomic E-state index is -1.48. The lowest BCUT2D eigenvalue weighted by Crippen LogP contribution is -2.64. The topological polar surface area (TPSA) is 582 Å². The Morgan fingerprint density at radius 1 is 0.365 bits per heavy atom. The highest BCUT2D eigenvalue weighted by Gasteiger charge is 2.48. The Labute approximate surface area is 669 Å². The molecule has 5 aliphatic rings. The van der Waals surface area contributed by atoms with Crippen LogP contribution in [-0.4, -0.2) is 387 Å². The first-order valence-electron chi connectivity index (χ1n) is 39.9. The number of carbonyl (C=O) groups excluding carboxylic acids is 9. The van der Waals surface area contributed by atoms with Gasteiger partial charge < -0.3 is 165 Å². The van der Waals surface area contributed by atoms with E-state index in [0.29, 0.717) is 38.5 Å². The quantitative estimate of drug-likeness (QED) is 0.0252. The van der Waals surface area contributed by atoms with Gasteiger partial charge in [0, 0.05) is 46.5 Å². The number of hydrogen-bond donors (Lipinski definition) is 18. The van der Waals surface area contributed by atoms with E-state index in [-0.39, 0.29) is 189 Å². The van der Waals surface area contributed by atoms with Crippen molar-refractivity contribution in [3.8, 4) is 0 Å². The highest BCUT2D eigenvalue weighted by Crippen LogP contribution is 2.30. The minimum Gasteiger partial charge on any atom is -0.396 e. The Hall–Kier alpha value is -5.73.